The third-order valence-corrected chi connectivity index (χ3v) is 2.63. The Bertz CT molecular complexity index is 133. The molecular formula is C10H22N2. The Balaban J connectivity index is 2.23. The molecule has 1 aliphatic carbocycles. The van der Waals surface area contributed by atoms with Crippen LogP contribution >= 0.6 is 0 Å². The van der Waals surface area contributed by atoms with Gasteiger partial charge in [-0.25, -0.2) is 0 Å². The van der Waals surface area contributed by atoms with Crippen molar-refractivity contribution in [3.05, 3.63) is 0 Å². The Labute approximate surface area is 75.9 Å². The summed E-state index contributed by atoms with van der Waals surface area (Å²) >= 11 is 0. The summed E-state index contributed by atoms with van der Waals surface area (Å²) in [5.41, 5.74) is 6.00. The summed E-state index contributed by atoms with van der Waals surface area (Å²) in [6.07, 6.45) is 2.82. The molecule has 0 radical (unpaired) electrons. The van der Waals surface area contributed by atoms with Gasteiger partial charge in [-0.05, 0) is 30.7 Å². The molecule has 1 aliphatic rings. The molecule has 0 amide bonds. The molecule has 0 heterocycles. The number of rotatable bonds is 4. The second-order valence-electron chi connectivity index (χ2n) is 5.01. The molecule has 0 aliphatic heterocycles. The highest BCUT2D eigenvalue weighted by Gasteiger charge is 2.26. The minimum atomic E-state index is 0.295. The Hall–Kier alpha value is -0.0800. The van der Waals surface area contributed by atoms with E-state index in [4.69, 9.17) is 5.73 Å². The second-order valence-corrected chi connectivity index (χ2v) is 5.01. The Kier molecular flexibility index (Phi) is 3.13. The van der Waals surface area contributed by atoms with E-state index in [-0.39, 0.29) is 0 Å². The second kappa shape index (κ2) is 3.75. The van der Waals surface area contributed by atoms with Gasteiger partial charge in [0.1, 0.15) is 0 Å². The minimum Gasteiger partial charge on any atom is -0.329 e. The number of hydrogen-bond donors (Lipinski definition) is 2. The van der Waals surface area contributed by atoms with Crippen molar-refractivity contribution in [1.82, 2.24) is 5.32 Å². The van der Waals surface area contributed by atoms with Crippen LogP contribution in [-0.2, 0) is 0 Å². The van der Waals surface area contributed by atoms with Crippen molar-refractivity contribution < 1.29 is 0 Å². The molecule has 0 spiro atoms. The highest BCUT2D eigenvalue weighted by Crippen LogP contribution is 2.28. The van der Waals surface area contributed by atoms with Crippen molar-refractivity contribution in [2.24, 2.45) is 17.1 Å². The van der Waals surface area contributed by atoms with Crippen molar-refractivity contribution in [3.63, 3.8) is 0 Å². The van der Waals surface area contributed by atoms with Crippen LogP contribution in [0.2, 0.25) is 0 Å². The normalized spacial score (nSPS) is 21.0. The van der Waals surface area contributed by atoms with Gasteiger partial charge in [0.2, 0.25) is 0 Å². The fraction of sp³-hybridized carbons (Fsp3) is 1.00. The molecule has 72 valence electrons. The number of nitrogens with two attached hydrogens (primary N) is 1. The van der Waals surface area contributed by atoms with Crippen LogP contribution in [0.4, 0.5) is 0 Å². The SMILES string of the molecule is CC(C)(C)C(CN)NCC1CC1. The predicted octanol–water partition coefficient (Wildman–Crippen LogP) is 1.36. The highest BCUT2D eigenvalue weighted by atomic mass is 15.0. The molecule has 1 saturated carbocycles. The Morgan fingerprint density at radius 2 is 2.00 bits per heavy atom. The smallest absolute Gasteiger partial charge is 0.0238 e. The van der Waals surface area contributed by atoms with Gasteiger partial charge in [0, 0.05) is 12.6 Å². The lowest BCUT2D eigenvalue weighted by molar-refractivity contribution is 0.271. The van der Waals surface area contributed by atoms with E-state index in [2.05, 4.69) is 26.1 Å². The molecular weight excluding hydrogens is 148 g/mol. The molecule has 1 unspecified atom stereocenters. The van der Waals surface area contributed by atoms with Gasteiger partial charge in [0.05, 0.1) is 0 Å². The van der Waals surface area contributed by atoms with Gasteiger partial charge in [0.25, 0.3) is 0 Å². The van der Waals surface area contributed by atoms with Crippen LogP contribution < -0.4 is 11.1 Å². The van der Waals surface area contributed by atoms with Crippen molar-refractivity contribution >= 4 is 0 Å². The summed E-state index contributed by atoms with van der Waals surface area (Å²) in [6, 6.07) is 0.470. The maximum absolute atomic E-state index is 5.70. The summed E-state index contributed by atoms with van der Waals surface area (Å²) in [4.78, 5) is 0. The summed E-state index contributed by atoms with van der Waals surface area (Å²) in [6.45, 7) is 8.63. The first-order valence-electron chi connectivity index (χ1n) is 4.97. The monoisotopic (exact) mass is 170 g/mol. The summed E-state index contributed by atoms with van der Waals surface area (Å²) in [7, 11) is 0. The largest absolute Gasteiger partial charge is 0.329 e. The summed E-state index contributed by atoms with van der Waals surface area (Å²) < 4.78 is 0. The molecule has 0 saturated heterocycles. The fourth-order valence-electron chi connectivity index (χ4n) is 1.37. The van der Waals surface area contributed by atoms with Crippen LogP contribution in [-0.4, -0.2) is 19.1 Å². The zero-order valence-electron chi connectivity index (χ0n) is 8.56. The molecule has 2 nitrogen and oxygen atoms in total. The van der Waals surface area contributed by atoms with Gasteiger partial charge >= 0.3 is 0 Å². The number of nitrogens with one attached hydrogen (secondary N) is 1. The van der Waals surface area contributed by atoms with E-state index in [9.17, 15) is 0 Å². The van der Waals surface area contributed by atoms with E-state index in [1.54, 1.807) is 0 Å². The summed E-state index contributed by atoms with van der Waals surface area (Å²) in [5, 5.41) is 3.55. The van der Waals surface area contributed by atoms with Crippen LogP contribution in [0.25, 0.3) is 0 Å². The predicted molar refractivity (Wildman–Crippen MR) is 53.0 cm³/mol. The molecule has 2 heteroatoms. The van der Waals surface area contributed by atoms with Gasteiger partial charge in [-0.1, -0.05) is 20.8 Å². The van der Waals surface area contributed by atoms with Crippen molar-refractivity contribution in [1.29, 1.82) is 0 Å². The average molecular weight is 170 g/mol. The van der Waals surface area contributed by atoms with Crippen molar-refractivity contribution in [2.75, 3.05) is 13.1 Å². The summed E-state index contributed by atoms with van der Waals surface area (Å²) in [5.74, 6) is 0.946. The number of hydrogen-bond acceptors (Lipinski definition) is 2. The van der Waals surface area contributed by atoms with Crippen molar-refractivity contribution in [3.8, 4) is 0 Å². The molecule has 0 bridgehead atoms. The third-order valence-electron chi connectivity index (χ3n) is 2.63. The van der Waals surface area contributed by atoms with Crippen LogP contribution in [0.3, 0.4) is 0 Å². The fourth-order valence-corrected chi connectivity index (χ4v) is 1.37. The van der Waals surface area contributed by atoms with E-state index >= 15 is 0 Å². The lowest BCUT2D eigenvalue weighted by atomic mass is 9.87. The van der Waals surface area contributed by atoms with Crippen LogP contribution in [0.1, 0.15) is 33.6 Å². The maximum atomic E-state index is 5.70. The zero-order valence-corrected chi connectivity index (χ0v) is 8.56. The molecule has 12 heavy (non-hydrogen) atoms. The zero-order chi connectivity index (χ0) is 9.19. The quantitative estimate of drug-likeness (QED) is 0.668. The van der Waals surface area contributed by atoms with E-state index in [1.165, 1.54) is 19.4 Å². The van der Waals surface area contributed by atoms with E-state index < -0.39 is 0 Å². The van der Waals surface area contributed by atoms with Crippen LogP contribution in [0.15, 0.2) is 0 Å². The van der Waals surface area contributed by atoms with Gasteiger partial charge in [0.15, 0.2) is 0 Å². The van der Waals surface area contributed by atoms with E-state index in [1.807, 2.05) is 0 Å². The van der Waals surface area contributed by atoms with Crippen LogP contribution in [0, 0.1) is 11.3 Å². The topological polar surface area (TPSA) is 38.0 Å². The van der Waals surface area contributed by atoms with Gasteiger partial charge in [-0.2, -0.15) is 0 Å². The third kappa shape index (κ3) is 3.11. The Morgan fingerprint density at radius 1 is 1.42 bits per heavy atom. The standard InChI is InChI=1S/C10H22N2/c1-10(2,3)9(6-11)12-7-8-4-5-8/h8-9,12H,4-7,11H2,1-3H3. The van der Waals surface area contributed by atoms with Crippen LogP contribution in [0.5, 0.6) is 0 Å². The maximum Gasteiger partial charge on any atom is 0.0238 e. The first-order chi connectivity index (χ1) is 5.54. The molecule has 3 N–H and O–H groups in total. The molecule has 0 aromatic rings. The minimum absolute atomic E-state index is 0.295. The van der Waals surface area contributed by atoms with E-state index in [0.717, 1.165) is 12.5 Å². The van der Waals surface area contributed by atoms with Gasteiger partial charge in [-0.3, -0.25) is 0 Å². The molecule has 1 atom stereocenters. The Morgan fingerprint density at radius 3 is 2.33 bits per heavy atom. The molecule has 1 rings (SSSR count). The van der Waals surface area contributed by atoms with Gasteiger partial charge < -0.3 is 11.1 Å². The highest BCUT2D eigenvalue weighted by molar-refractivity contribution is 4.84. The lowest BCUT2D eigenvalue weighted by Gasteiger charge is -2.30. The average Bonchev–Trinajstić information content (AvgIpc) is 2.69. The van der Waals surface area contributed by atoms with E-state index in [0.29, 0.717) is 11.5 Å². The first kappa shape index (κ1) is 10.0. The van der Waals surface area contributed by atoms with Crippen molar-refractivity contribution in [2.45, 2.75) is 39.7 Å². The molecule has 0 aromatic carbocycles. The molecule has 1 fully saturated rings. The first-order valence-corrected chi connectivity index (χ1v) is 4.97. The molecule has 0 aromatic heterocycles. The van der Waals surface area contributed by atoms with Gasteiger partial charge in [-0.15, -0.1) is 0 Å². The lowest BCUT2D eigenvalue weighted by Crippen LogP contribution is -2.46.